The monoisotopic (exact) mass is 198 g/mol. The van der Waals surface area contributed by atoms with Crippen molar-refractivity contribution in [2.24, 2.45) is 0 Å². The fourth-order valence-electron chi connectivity index (χ4n) is 0.468. The first-order valence-corrected chi connectivity index (χ1v) is 3.61. The summed E-state index contributed by atoms with van der Waals surface area (Å²) in [6.45, 7) is 1.97. The number of hydrogen-bond acceptors (Lipinski definition) is 3. The van der Waals surface area contributed by atoms with Gasteiger partial charge in [0.1, 0.15) is 0 Å². The summed E-state index contributed by atoms with van der Waals surface area (Å²) >= 11 is 0. The second-order valence-corrected chi connectivity index (χ2v) is 2.24. The summed E-state index contributed by atoms with van der Waals surface area (Å²) in [5.74, 6) is -2.51. The lowest BCUT2D eigenvalue weighted by Gasteiger charge is -1.74. The number of aromatic amines is 1. The lowest BCUT2D eigenvalue weighted by atomic mass is 10.5. The van der Waals surface area contributed by atoms with Crippen LogP contribution in [0.1, 0.15) is 5.69 Å². The third kappa shape index (κ3) is 7.99. The number of carboxylic acids is 2. The van der Waals surface area contributed by atoms with Crippen molar-refractivity contribution in [3.8, 4) is 0 Å². The minimum atomic E-state index is -1.26. The van der Waals surface area contributed by atoms with Crippen LogP contribution >= 0.6 is 0 Å². The number of aromatic nitrogens is 2. The highest BCUT2D eigenvalue weighted by Gasteiger charge is 1.88. The van der Waals surface area contributed by atoms with Crippen LogP contribution in [0.5, 0.6) is 0 Å². The molecule has 0 aromatic carbocycles. The van der Waals surface area contributed by atoms with Gasteiger partial charge in [-0.2, -0.15) is 0 Å². The van der Waals surface area contributed by atoms with E-state index in [0.29, 0.717) is 12.2 Å². The van der Waals surface area contributed by atoms with Gasteiger partial charge in [-0.05, 0) is 6.92 Å². The third-order valence-corrected chi connectivity index (χ3v) is 1.00. The summed E-state index contributed by atoms with van der Waals surface area (Å²) in [5.41, 5.74) is 1.11. The molecular weight excluding hydrogens is 188 g/mol. The van der Waals surface area contributed by atoms with Crippen LogP contribution in [0.3, 0.4) is 0 Å². The van der Waals surface area contributed by atoms with Gasteiger partial charge in [-0.15, -0.1) is 0 Å². The van der Waals surface area contributed by atoms with Gasteiger partial charge in [-0.3, -0.25) is 0 Å². The third-order valence-electron chi connectivity index (χ3n) is 1.00. The normalized spacial score (nSPS) is 9.21. The molecule has 0 unspecified atom stereocenters. The van der Waals surface area contributed by atoms with E-state index in [2.05, 4.69) is 9.97 Å². The summed E-state index contributed by atoms with van der Waals surface area (Å²) in [7, 11) is 0. The smallest absolute Gasteiger partial charge is 0.328 e. The zero-order valence-electron chi connectivity index (χ0n) is 7.47. The fraction of sp³-hybridized carbons (Fsp3) is 0.125. The van der Waals surface area contributed by atoms with Gasteiger partial charge >= 0.3 is 11.9 Å². The van der Waals surface area contributed by atoms with E-state index in [0.717, 1.165) is 5.69 Å². The predicted octanol–water partition coefficient (Wildman–Crippen LogP) is 0.430. The minimum absolute atomic E-state index is 0.558. The van der Waals surface area contributed by atoms with Crippen LogP contribution in [0, 0.1) is 6.92 Å². The Morgan fingerprint density at radius 3 is 2.00 bits per heavy atom. The highest BCUT2D eigenvalue weighted by Crippen LogP contribution is 1.81. The Balaban J connectivity index is 0.000000249. The molecule has 1 aromatic rings. The molecule has 0 amide bonds. The average molecular weight is 198 g/mol. The van der Waals surface area contributed by atoms with E-state index in [4.69, 9.17) is 10.2 Å². The van der Waals surface area contributed by atoms with Crippen molar-refractivity contribution in [3.05, 3.63) is 30.4 Å². The van der Waals surface area contributed by atoms with E-state index in [1.165, 1.54) is 0 Å². The van der Waals surface area contributed by atoms with Crippen LogP contribution in [-0.4, -0.2) is 32.1 Å². The molecule has 6 nitrogen and oxygen atoms in total. The fourth-order valence-corrected chi connectivity index (χ4v) is 0.468. The van der Waals surface area contributed by atoms with Crippen LogP contribution in [0.15, 0.2) is 24.7 Å². The van der Waals surface area contributed by atoms with Crippen molar-refractivity contribution in [1.82, 2.24) is 9.97 Å². The maximum absolute atomic E-state index is 9.55. The Labute approximate surface area is 79.9 Å². The van der Waals surface area contributed by atoms with Crippen molar-refractivity contribution >= 4 is 11.9 Å². The molecule has 0 saturated heterocycles. The topological polar surface area (TPSA) is 103 Å². The Kier molecular flexibility index (Phi) is 5.44. The highest BCUT2D eigenvalue weighted by atomic mass is 16.4. The molecule has 1 aromatic heterocycles. The molecule has 1 heterocycles. The maximum Gasteiger partial charge on any atom is 0.328 e. The predicted molar refractivity (Wildman–Crippen MR) is 47.7 cm³/mol. The molecule has 1 rings (SSSR count). The van der Waals surface area contributed by atoms with Crippen LogP contribution in [0.25, 0.3) is 0 Å². The number of carboxylic acid groups (broad SMARTS) is 2. The Bertz CT molecular complexity index is 300. The second kappa shape index (κ2) is 6.41. The van der Waals surface area contributed by atoms with Crippen LogP contribution in [-0.2, 0) is 9.59 Å². The van der Waals surface area contributed by atoms with Gasteiger partial charge in [-0.25, -0.2) is 14.6 Å². The van der Waals surface area contributed by atoms with E-state index in [1.807, 2.05) is 6.92 Å². The molecule has 0 fully saturated rings. The molecule has 0 spiro atoms. The number of aryl methyl sites for hydroxylation is 1. The standard InChI is InChI=1S/C4H6N2.C4H4O4/c1-4-2-5-3-6-4;5-3(6)1-2-4(7)8/h2-3H,1H3,(H,5,6);1-2H,(H,5,6)(H,7,8). The van der Waals surface area contributed by atoms with Gasteiger partial charge in [0.15, 0.2) is 0 Å². The van der Waals surface area contributed by atoms with E-state index in [9.17, 15) is 9.59 Å². The Hall–Kier alpha value is -2.11. The van der Waals surface area contributed by atoms with E-state index < -0.39 is 11.9 Å². The van der Waals surface area contributed by atoms with Gasteiger partial charge in [-0.1, -0.05) is 0 Å². The maximum atomic E-state index is 9.55. The molecule has 0 aliphatic heterocycles. The summed E-state index contributed by atoms with van der Waals surface area (Å²) in [6, 6.07) is 0. The van der Waals surface area contributed by atoms with Crippen molar-refractivity contribution in [2.75, 3.05) is 0 Å². The van der Waals surface area contributed by atoms with E-state index >= 15 is 0 Å². The first-order valence-electron chi connectivity index (χ1n) is 3.61. The number of hydrogen-bond donors (Lipinski definition) is 3. The second-order valence-electron chi connectivity index (χ2n) is 2.24. The zero-order chi connectivity index (χ0) is 11.0. The minimum Gasteiger partial charge on any atom is -0.478 e. The average Bonchev–Trinajstić information content (AvgIpc) is 2.53. The lowest BCUT2D eigenvalue weighted by Crippen LogP contribution is -1.91. The number of H-pyrrole nitrogens is 1. The molecule has 14 heavy (non-hydrogen) atoms. The zero-order valence-corrected chi connectivity index (χ0v) is 7.47. The molecule has 0 saturated carbocycles. The van der Waals surface area contributed by atoms with Crippen molar-refractivity contribution < 1.29 is 19.8 Å². The SMILES string of the molecule is Cc1cnc[nH]1.O=C(O)C=CC(=O)O. The summed E-state index contributed by atoms with van der Waals surface area (Å²) < 4.78 is 0. The first-order chi connectivity index (χ1) is 6.52. The molecule has 76 valence electrons. The largest absolute Gasteiger partial charge is 0.478 e. The quantitative estimate of drug-likeness (QED) is 0.598. The van der Waals surface area contributed by atoms with Gasteiger partial charge < -0.3 is 15.2 Å². The molecule has 0 radical (unpaired) electrons. The van der Waals surface area contributed by atoms with Gasteiger partial charge in [0, 0.05) is 24.0 Å². The number of rotatable bonds is 2. The molecule has 0 atom stereocenters. The number of imidazole rings is 1. The van der Waals surface area contributed by atoms with Gasteiger partial charge in [0.25, 0.3) is 0 Å². The van der Waals surface area contributed by atoms with Crippen molar-refractivity contribution in [3.63, 3.8) is 0 Å². The summed E-state index contributed by atoms with van der Waals surface area (Å²) in [6.07, 6.45) is 4.56. The molecule has 6 heteroatoms. The highest BCUT2D eigenvalue weighted by molar-refractivity contribution is 5.89. The molecule has 0 bridgehead atoms. The van der Waals surface area contributed by atoms with E-state index in [1.54, 1.807) is 12.5 Å². The number of nitrogens with zero attached hydrogens (tertiary/aromatic N) is 1. The Morgan fingerprint density at radius 1 is 1.36 bits per heavy atom. The van der Waals surface area contributed by atoms with Crippen LogP contribution < -0.4 is 0 Å². The van der Waals surface area contributed by atoms with E-state index in [-0.39, 0.29) is 0 Å². The molecule has 0 aliphatic carbocycles. The lowest BCUT2D eigenvalue weighted by molar-refractivity contribution is -0.134. The van der Waals surface area contributed by atoms with Crippen LogP contribution in [0.4, 0.5) is 0 Å². The number of aliphatic carboxylic acids is 2. The first kappa shape index (κ1) is 11.9. The molecule has 0 aliphatic rings. The number of nitrogens with one attached hydrogen (secondary N) is 1. The van der Waals surface area contributed by atoms with Crippen molar-refractivity contribution in [1.29, 1.82) is 0 Å². The van der Waals surface area contributed by atoms with Gasteiger partial charge in [0.2, 0.25) is 0 Å². The molecular formula is C8H10N2O4. The number of carbonyl (C=O) groups is 2. The summed E-state index contributed by atoms with van der Waals surface area (Å²) in [4.78, 5) is 25.8. The summed E-state index contributed by atoms with van der Waals surface area (Å²) in [5, 5.41) is 15.6. The van der Waals surface area contributed by atoms with Crippen LogP contribution in [0.2, 0.25) is 0 Å². The molecule has 3 N–H and O–H groups in total. The Morgan fingerprint density at radius 2 is 1.86 bits per heavy atom. The van der Waals surface area contributed by atoms with Gasteiger partial charge in [0.05, 0.1) is 6.33 Å². The van der Waals surface area contributed by atoms with Crippen molar-refractivity contribution in [2.45, 2.75) is 6.92 Å².